The van der Waals surface area contributed by atoms with Crippen molar-refractivity contribution >= 4 is 5.91 Å². The second-order valence-electron chi connectivity index (χ2n) is 5.66. The quantitative estimate of drug-likeness (QED) is 0.848. The van der Waals surface area contributed by atoms with Gasteiger partial charge in [0, 0.05) is 19.0 Å². The average molecular weight is 244 g/mol. The highest BCUT2D eigenvalue weighted by Gasteiger charge is 2.47. The molecule has 3 nitrogen and oxygen atoms in total. The first kappa shape index (κ1) is 11.7. The van der Waals surface area contributed by atoms with Crippen molar-refractivity contribution in [2.45, 2.75) is 32.4 Å². The van der Waals surface area contributed by atoms with Gasteiger partial charge in [-0.1, -0.05) is 24.3 Å². The van der Waals surface area contributed by atoms with Crippen molar-refractivity contribution < 1.29 is 4.79 Å². The molecule has 2 fully saturated rings. The van der Waals surface area contributed by atoms with Crippen molar-refractivity contribution in [1.82, 2.24) is 5.32 Å². The van der Waals surface area contributed by atoms with Gasteiger partial charge in [0.2, 0.25) is 5.91 Å². The van der Waals surface area contributed by atoms with Crippen LogP contribution in [0.5, 0.6) is 0 Å². The molecule has 0 saturated heterocycles. The maximum atomic E-state index is 12.0. The van der Waals surface area contributed by atoms with Crippen LogP contribution >= 0.6 is 0 Å². The summed E-state index contributed by atoms with van der Waals surface area (Å²) >= 11 is 0. The number of nitrogens with one attached hydrogen (secondary N) is 1. The molecule has 3 N–H and O–H groups in total. The Balaban J connectivity index is 1.49. The zero-order valence-electron chi connectivity index (χ0n) is 10.6. The van der Waals surface area contributed by atoms with Crippen LogP contribution in [0.15, 0.2) is 24.3 Å². The lowest BCUT2D eigenvalue weighted by atomic mass is 10.0. The topological polar surface area (TPSA) is 55.1 Å². The van der Waals surface area contributed by atoms with Crippen molar-refractivity contribution in [2.75, 3.05) is 0 Å². The van der Waals surface area contributed by atoms with Gasteiger partial charge in [-0.05, 0) is 42.2 Å². The molecule has 2 saturated carbocycles. The van der Waals surface area contributed by atoms with E-state index in [1.165, 1.54) is 6.42 Å². The summed E-state index contributed by atoms with van der Waals surface area (Å²) in [6.07, 6.45) is 3.59. The molecule has 0 aliphatic heterocycles. The van der Waals surface area contributed by atoms with E-state index in [4.69, 9.17) is 5.73 Å². The van der Waals surface area contributed by atoms with Crippen molar-refractivity contribution in [3.05, 3.63) is 35.4 Å². The molecule has 2 aliphatic rings. The highest BCUT2D eigenvalue weighted by molar-refractivity contribution is 5.79. The molecule has 0 heterocycles. The molecular formula is C15H20N2O. The standard InChI is InChI=1S/C15H20N2O/c16-8-10-1-3-11(4-2-10)9-17-15(18)14-6-12-5-13(12)7-14/h1-4,12-14H,5-9,16H2,(H,17,18). The van der Waals surface area contributed by atoms with Gasteiger partial charge in [0.15, 0.2) is 0 Å². The minimum absolute atomic E-state index is 0.241. The Bertz CT molecular complexity index is 430. The van der Waals surface area contributed by atoms with Gasteiger partial charge < -0.3 is 11.1 Å². The first-order chi connectivity index (χ1) is 8.76. The van der Waals surface area contributed by atoms with E-state index < -0.39 is 0 Å². The van der Waals surface area contributed by atoms with Crippen LogP contribution in [0.3, 0.4) is 0 Å². The van der Waals surface area contributed by atoms with Gasteiger partial charge >= 0.3 is 0 Å². The third-order valence-electron chi connectivity index (χ3n) is 4.34. The highest BCUT2D eigenvalue weighted by Crippen LogP contribution is 2.54. The molecule has 3 rings (SSSR count). The number of hydrogen-bond donors (Lipinski definition) is 2. The first-order valence-electron chi connectivity index (χ1n) is 6.82. The minimum Gasteiger partial charge on any atom is -0.352 e. The lowest BCUT2D eigenvalue weighted by molar-refractivity contribution is -0.125. The smallest absolute Gasteiger partial charge is 0.223 e. The predicted molar refractivity (Wildman–Crippen MR) is 70.5 cm³/mol. The van der Waals surface area contributed by atoms with Crippen LogP contribution in [0.25, 0.3) is 0 Å². The number of rotatable bonds is 4. The minimum atomic E-state index is 0.241. The van der Waals surface area contributed by atoms with Gasteiger partial charge in [0.05, 0.1) is 0 Å². The van der Waals surface area contributed by atoms with Gasteiger partial charge in [0.1, 0.15) is 0 Å². The second kappa shape index (κ2) is 4.73. The van der Waals surface area contributed by atoms with E-state index in [0.717, 1.165) is 35.8 Å². The molecule has 0 aromatic heterocycles. The molecular weight excluding hydrogens is 224 g/mol. The number of hydrogen-bond acceptors (Lipinski definition) is 2. The van der Waals surface area contributed by atoms with Crippen LogP contribution < -0.4 is 11.1 Å². The van der Waals surface area contributed by atoms with Crippen LogP contribution in [0.4, 0.5) is 0 Å². The van der Waals surface area contributed by atoms with Crippen molar-refractivity contribution in [3.8, 4) is 0 Å². The Morgan fingerprint density at radius 3 is 2.33 bits per heavy atom. The summed E-state index contributed by atoms with van der Waals surface area (Å²) in [5.41, 5.74) is 7.82. The summed E-state index contributed by atoms with van der Waals surface area (Å²) in [5, 5.41) is 3.05. The average Bonchev–Trinajstić information content (AvgIpc) is 3.03. The molecule has 1 aromatic rings. The number of carbonyl (C=O) groups excluding carboxylic acids is 1. The number of nitrogens with two attached hydrogens (primary N) is 1. The first-order valence-corrected chi connectivity index (χ1v) is 6.82. The van der Waals surface area contributed by atoms with Crippen LogP contribution in [-0.4, -0.2) is 5.91 Å². The van der Waals surface area contributed by atoms with E-state index >= 15 is 0 Å². The maximum Gasteiger partial charge on any atom is 0.223 e. The van der Waals surface area contributed by atoms with Crippen LogP contribution in [-0.2, 0) is 17.9 Å². The fourth-order valence-corrected chi connectivity index (χ4v) is 3.06. The predicted octanol–water partition coefficient (Wildman–Crippen LogP) is 1.81. The summed E-state index contributed by atoms with van der Waals surface area (Å²) in [6, 6.07) is 8.11. The molecule has 2 atom stereocenters. The summed E-state index contributed by atoms with van der Waals surface area (Å²) in [7, 11) is 0. The molecule has 96 valence electrons. The molecule has 2 unspecified atom stereocenters. The SMILES string of the molecule is NCc1ccc(CNC(=O)C2CC3CC3C2)cc1. The van der Waals surface area contributed by atoms with Crippen LogP contribution in [0.2, 0.25) is 0 Å². The number of carbonyl (C=O) groups is 1. The van der Waals surface area contributed by atoms with E-state index in [0.29, 0.717) is 13.1 Å². The molecule has 2 aliphatic carbocycles. The van der Waals surface area contributed by atoms with Crippen LogP contribution in [0.1, 0.15) is 30.4 Å². The Kier molecular flexibility index (Phi) is 3.08. The number of fused-ring (bicyclic) bond motifs is 1. The fraction of sp³-hybridized carbons (Fsp3) is 0.533. The monoisotopic (exact) mass is 244 g/mol. The molecule has 1 aromatic carbocycles. The normalized spacial score (nSPS) is 28.8. The van der Waals surface area contributed by atoms with Gasteiger partial charge in [-0.3, -0.25) is 4.79 Å². The van der Waals surface area contributed by atoms with E-state index in [1.807, 2.05) is 24.3 Å². The Morgan fingerprint density at radius 2 is 1.72 bits per heavy atom. The zero-order valence-corrected chi connectivity index (χ0v) is 10.6. The summed E-state index contributed by atoms with van der Waals surface area (Å²) in [6.45, 7) is 1.20. The Labute approximate surface area is 108 Å². The van der Waals surface area contributed by atoms with Gasteiger partial charge in [-0.25, -0.2) is 0 Å². The lowest BCUT2D eigenvalue weighted by Crippen LogP contribution is -2.29. The zero-order chi connectivity index (χ0) is 12.5. The van der Waals surface area contributed by atoms with E-state index in [1.54, 1.807) is 0 Å². The molecule has 0 bridgehead atoms. The summed E-state index contributed by atoms with van der Waals surface area (Å²) in [4.78, 5) is 12.0. The van der Waals surface area contributed by atoms with Crippen molar-refractivity contribution in [2.24, 2.45) is 23.5 Å². The highest BCUT2D eigenvalue weighted by atomic mass is 16.1. The van der Waals surface area contributed by atoms with Gasteiger partial charge in [-0.2, -0.15) is 0 Å². The van der Waals surface area contributed by atoms with E-state index in [9.17, 15) is 4.79 Å². The van der Waals surface area contributed by atoms with Crippen molar-refractivity contribution in [3.63, 3.8) is 0 Å². The third kappa shape index (κ3) is 2.41. The van der Waals surface area contributed by atoms with Crippen LogP contribution in [0, 0.1) is 17.8 Å². The molecule has 18 heavy (non-hydrogen) atoms. The molecule has 0 spiro atoms. The summed E-state index contributed by atoms with van der Waals surface area (Å²) < 4.78 is 0. The number of amides is 1. The maximum absolute atomic E-state index is 12.0. The van der Waals surface area contributed by atoms with E-state index in [-0.39, 0.29) is 11.8 Å². The largest absolute Gasteiger partial charge is 0.352 e. The Hall–Kier alpha value is -1.35. The fourth-order valence-electron chi connectivity index (χ4n) is 3.06. The number of benzene rings is 1. The molecule has 0 radical (unpaired) electrons. The third-order valence-corrected chi connectivity index (χ3v) is 4.34. The van der Waals surface area contributed by atoms with Crippen molar-refractivity contribution in [1.29, 1.82) is 0 Å². The van der Waals surface area contributed by atoms with Gasteiger partial charge in [0.25, 0.3) is 0 Å². The summed E-state index contributed by atoms with van der Waals surface area (Å²) in [5.74, 6) is 2.25. The lowest BCUT2D eigenvalue weighted by Gasteiger charge is -2.12. The Morgan fingerprint density at radius 1 is 1.11 bits per heavy atom. The van der Waals surface area contributed by atoms with E-state index in [2.05, 4.69) is 5.32 Å². The second-order valence-corrected chi connectivity index (χ2v) is 5.66. The van der Waals surface area contributed by atoms with Gasteiger partial charge in [-0.15, -0.1) is 0 Å². The molecule has 3 heteroatoms. The molecule has 1 amide bonds.